The summed E-state index contributed by atoms with van der Waals surface area (Å²) in [5.74, 6) is 1.85. The number of hydrogen-bond donors (Lipinski definition) is 2. The van der Waals surface area contributed by atoms with Crippen LogP contribution in [0.5, 0.6) is 5.75 Å². The molecule has 0 aliphatic carbocycles. The summed E-state index contributed by atoms with van der Waals surface area (Å²) in [6.45, 7) is 5.22. The number of ether oxygens (including phenoxy) is 1. The monoisotopic (exact) mass is 323 g/mol. The van der Waals surface area contributed by atoms with Crippen molar-refractivity contribution in [3.63, 3.8) is 0 Å². The van der Waals surface area contributed by atoms with Gasteiger partial charge in [-0.05, 0) is 42.3 Å². The Morgan fingerprint density at radius 1 is 1.17 bits per heavy atom. The molecule has 1 amide bonds. The Balaban J connectivity index is 1.58. The molecule has 0 saturated carbocycles. The lowest BCUT2D eigenvalue weighted by atomic mass is 10.2. The van der Waals surface area contributed by atoms with Crippen molar-refractivity contribution in [2.45, 2.75) is 20.4 Å². The number of amides is 1. The average molecular weight is 323 g/mol. The highest BCUT2D eigenvalue weighted by Crippen LogP contribution is 2.14. The summed E-state index contributed by atoms with van der Waals surface area (Å²) < 4.78 is 5.62. The van der Waals surface area contributed by atoms with Gasteiger partial charge in [-0.15, -0.1) is 0 Å². The lowest BCUT2D eigenvalue weighted by Crippen LogP contribution is -2.23. The second kappa shape index (κ2) is 7.17. The molecule has 3 rings (SSSR count). The first-order valence-electron chi connectivity index (χ1n) is 8.06. The number of nitrogens with zero attached hydrogens (tertiary/aromatic N) is 1. The van der Waals surface area contributed by atoms with Gasteiger partial charge >= 0.3 is 0 Å². The van der Waals surface area contributed by atoms with Crippen molar-refractivity contribution in [1.82, 2.24) is 15.3 Å². The van der Waals surface area contributed by atoms with Gasteiger partial charge in [0.05, 0.1) is 24.2 Å². The van der Waals surface area contributed by atoms with Crippen molar-refractivity contribution >= 4 is 16.9 Å². The van der Waals surface area contributed by atoms with Crippen LogP contribution in [0.1, 0.15) is 30.0 Å². The summed E-state index contributed by atoms with van der Waals surface area (Å²) in [5, 5.41) is 2.87. The number of rotatable bonds is 6. The van der Waals surface area contributed by atoms with E-state index in [1.807, 2.05) is 36.4 Å². The number of carbonyl (C=O) groups excluding carboxylic acids is 1. The number of hydrogen-bond acceptors (Lipinski definition) is 3. The highest BCUT2D eigenvalue weighted by Gasteiger charge is 2.08. The number of aromatic amines is 1. The standard InChI is InChI=1S/C19H21N3O2/c1-13(2)12-24-15-9-7-14(8-10-15)19(23)20-11-18-21-16-5-3-4-6-17(16)22-18/h3-10,13H,11-12H2,1-2H3,(H,20,23)(H,21,22). The van der Waals surface area contributed by atoms with Gasteiger partial charge in [0.2, 0.25) is 0 Å². The fraction of sp³-hybridized carbons (Fsp3) is 0.263. The van der Waals surface area contributed by atoms with Crippen LogP contribution in [0, 0.1) is 5.92 Å². The Morgan fingerprint density at radius 2 is 1.92 bits per heavy atom. The van der Waals surface area contributed by atoms with Crippen LogP contribution in [0.4, 0.5) is 0 Å². The Bertz CT molecular complexity index is 789. The third-order valence-corrected chi connectivity index (χ3v) is 3.55. The quantitative estimate of drug-likeness (QED) is 0.729. The molecule has 0 radical (unpaired) electrons. The van der Waals surface area contributed by atoms with Crippen LogP contribution in [0.3, 0.4) is 0 Å². The number of para-hydroxylation sites is 2. The third-order valence-electron chi connectivity index (χ3n) is 3.55. The molecule has 5 heteroatoms. The predicted octanol–water partition coefficient (Wildman–Crippen LogP) is 3.53. The number of benzene rings is 2. The van der Waals surface area contributed by atoms with Crippen LogP contribution in [-0.4, -0.2) is 22.5 Å². The lowest BCUT2D eigenvalue weighted by molar-refractivity contribution is 0.0950. The molecule has 1 heterocycles. The van der Waals surface area contributed by atoms with Gasteiger partial charge in [-0.3, -0.25) is 4.79 Å². The van der Waals surface area contributed by atoms with Gasteiger partial charge in [0.25, 0.3) is 5.91 Å². The van der Waals surface area contributed by atoms with Crippen LogP contribution < -0.4 is 10.1 Å². The van der Waals surface area contributed by atoms with E-state index in [1.165, 1.54) is 0 Å². The van der Waals surface area contributed by atoms with Gasteiger partial charge in [-0.25, -0.2) is 4.98 Å². The van der Waals surface area contributed by atoms with Gasteiger partial charge in [-0.1, -0.05) is 26.0 Å². The van der Waals surface area contributed by atoms with Crippen LogP contribution in [0.15, 0.2) is 48.5 Å². The minimum Gasteiger partial charge on any atom is -0.493 e. The van der Waals surface area contributed by atoms with E-state index in [4.69, 9.17) is 4.74 Å². The molecule has 0 unspecified atom stereocenters. The largest absolute Gasteiger partial charge is 0.493 e. The highest BCUT2D eigenvalue weighted by atomic mass is 16.5. The fourth-order valence-corrected chi connectivity index (χ4v) is 2.32. The molecule has 3 aromatic rings. The molecule has 1 aromatic heterocycles. The maximum atomic E-state index is 12.2. The van der Waals surface area contributed by atoms with Crippen molar-refractivity contribution in [1.29, 1.82) is 0 Å². The van der Waals surface area contributed by atoms with Gasteiger partial charge in [-0.2, -0.15) is 0 Å². The normalized spacial score (nSPS) is 11.0. The van der Waals surface area contributed by atoms with E-state index in [2.05, 4.69) is 29.1 Å². The molecule has 0 bridgehead atoms. The molecule has 124 valence electrons. The van der Waals surface area contributed by atoms with E-state index in [-0.39, 0.29) is 5.91 Å². The van der Waals surface area contributed by atoms with Crippen LogP contribution in [0.25, 0.3) is 11.0 Å². The second-order valence-electron chi connectivity index (χ2n) is 6.11. The third kappa shape index (κ3) is 3.93. The molecule has 2 aromatic carbocycles. The maximum Gasteiger partial charge on any atom is 0.251 e. The van der Waals surface area contributed by atoms with Crippen LogP contribution in [-0.2, 0) is 6.54 Å². The minimum atomic E-state index is -0.133. The van der Waals surface area contributed by atoms with E-state index < -0.39 is 0 Å². The second-order valence-corrected chi connectivity index (χ2v) is 6.11. The van der Waals surface area contributed by atoms with Crippen molar-refractivity contribution in [3.05, 3.63) is 59.9 Å². The predicted molar refractivity (Wildman–Crippen MR) is 94.0 cm³/mol. The fourth-order valence-electron chi connectivity index (χ4n) is 2.32. The average Bonchev–Trinajstić information content (AvgIpc) is 3.01. The first-order valence-corrected chi connectivity index (χ1v) is 8.06. The van der Waals surface area contributed by atoms with Crippen molar-refractivity contribution in [2.24, 2.45) is 5.92 Å². The van der Waals surface area contributed by atoms with Crippen molar-refractivity contribution < 1.29 is 9.53 Å². The number of carbonyl (C=O) groups is 1. The van der Waals surface area contributed by atoms with Crippen molar-refractivity contribution in [3.8, 4) is 5.75 Å². The Kier molecular flexibility index (Phi) is 4.79. The van der Waals surface area contributed by atoms with Crippen LogP contribution in [0.2, 0.25) is 0 Å². The summed E-state index contributed by atoms with van der Waals surface area (Å²) >= 11 is 0. The number of H-pyrrole nitrogens is 1. The zero-order valence-corrected chi connectivity index (χ0v) is 13.9. The van der Waals surface area contributed by atoms with Crippen LogP contribution >= 0.6 is 0 Å². The first kappa shape index (κ1) is 16.1. The summed E-state index contributed by atoms with van der Waals surface area (Å²) in [6, 6.07) is 15.0. The molecule has 2 N–H and O–H groups in total. The summed E-state index contributed by atoms with van der Waals surface area (Å²) in [4.78, 5) is 19.9. The van der Waals surface area contributed by atoms with Gasteiger partial charge < -0.3 is 15.0 Å². The molecular weight excluding hydrogens is 302 g/mol. The number of fused-ring (bicyclic) bond motifs is 1. The molecule has 0 fully saturated rings. The maximum absolute atomic E-state index is 12.2. The number of nitrogens with one attached hydrogen (secondary N) is 2. The molecule has 0 atom stereocenters. The molecule has 24 heavy (non-hydrogen) atoms. The van der Waals surface area contributed by atoms with Gasteiger partial charge in [0.15, 0.2) is 0 Å². The lowest BCUT2D eigenvalue weighted by Gasteiger charge is -2.09. The minimum absolute atomic E-state index is 0.133. The zero-order chi connectivity index (χ0) is 16.9. The van der Waals surface area contributed by atoms with E-state index >= 15 is 0 Å². The Labute approximate surface area is 141 Å². The number of imidazole rings is 1. The van der Waals surface area contributed by atoms with E-state index in [9.17, 15) is 4.79 Å². The summed E-state index contributed by atoms with van der Waals surface area (Å²) in [6.07, 6.45) is 0. The molecule has 0 saturated heterocycles. The molecule has 5 nitrogen and oxygen atoms in total. The first-order chi connectivity index (χ1) is 11.6. The van der Waals surface area contributed by atoms with Gasteiger partial charge in [0.1, 0.15) is 11.6 Å². The van der Waals surface area contributed by atoms with E-state index in [0.717, 1.165) is 22.6 Å². The zero-order valence-electron chi connectivity index (χ0n) is 13.9. The molecular formula is C19H21N3O2. The molecule has 0 aliphatic heterocycles. The molecule has 0 aliphatic rings. The number of aromatic nitrogens is 2. The van der Waals surface area contributed by atoms with E-state index in [0.29, 0.717) is 24.6 Å². The summed E-state index contributed by atoms with van der Waals surface area (Å²) in [5.41, 5.74) is 2.46. The Morgan fingerprint density at radius 3 is 2.62 bits per heavy atom. The highest BCUT2D eigenvalue weighted by molar-refractivity contribution is 5.94. The topological polar surface area (TPSA) is 67.0 Å². The Hall–Kier alpha value is -2.82. The smallest absolute Gasteiger partial charge is 0.251 e. The summed E-state index contributed by atoms with van der Waals surface area (Å²) in [7, 11) is 0. The SMILES string of the molecule is CC(C)COc1ccc(C(=O)NCc2nc3ccccc3[nH]2)cc1. The van der Waals surface area contributed by atoms with Crippen molar-refractivity contribution in [2.75, 3.05) is 6.61 Å². The van der Waals surface area contributed by atoms with E-state index in [1.54, 1.807) is 12.1 Å². The van der Waals surface area contributed by atoms with Gasteiger partial charge in [0, 0.05) is 5.56 Å². The molecule has 0 spiro atoms.